The van der Waals surface area contributed by atoms with E-state index in [4.69, 9.17) is 9.47 Å². The standard InChI is InChI=1S/C20H29N3O6S/c1-3-29-20(25)23-12-10-22(11-13-23)19(24)15-8-9-17(28-2)18(14-15)30(26,27)21-16-6-4-5-7-16/h8-9,14,16,21H,3-7,10-13H2,1-2H3. The largest absolute Gasteiger partial charge is 0.495 e. The number of hydrogen-bond acceptors (Lipinski definition) is 6. The molecular formula is C20H29N3O6S. The summed E-state index contributed by atoms with van der Waals surface area (Å²) in [7, 11) is -2.41. The molecule has 166 valence electrons. The van der Waals surface area contributed by atoms with Crippen LogP contribution in [0.3, 0.4) is 0 Å². The maximum Gasteiger partial charge on any atom is 0.409 e. The summed E-state index contributed by atoms with van der Waals surface area (Å²) in [4.78, 5) is 27.9. The lowest BCUT2D eigenvalue weighted by molar-refractivity contribution is 0.0570. The normalized spacial score (nSPS) is 17.8. The van der Waals surface area contributed by atoms with E-state index in [0.717, 1.165) is 25.7 Å². The highest BCUT2D eigenvalue weighted by Crippen LogP contribution is 2.28. The van der Waals surface area contributed by atoms with Crippen molar-refractivity contribution >= 4 is 22.0 Å². The molecule has 1 saturated carbocycles. The molecule has 1 aromatic carbocycles. The number of methoxy groups -OCH3 is 1. The van der Waals surface area contributed by atoms with Crippen LogP contribution in [-0.4, -0.2) is 76.2 Å². The third-order valence-corrected chi connectivity index (χ3v) is 7.01. The molecule has 1 N–H and O–H groups in total. The Morgan fingerprint density at radius 2 is 1.73 bits per heavy atom. The summed E-state index contributed by atoms with van der Waals surface area (Å²) >= 11 is 0. The molecule has 1 aliphatic carbocycles. The summed E-state index contributed by atoms with van der Waals surface area (Å²) < 4.78 is 38.8. The number of carbonyl (C=O) groups is 2. The van der Waals surface area contributed by atoms with Crippen molar-refractivity contribution in [1.29, 1.82) is 0 Å². The first kappa shape index (κ1) is 22.4. The van der Waals surface area contributed by atoms with Gasteiger partial charge in [0.15, 0.2) is 0 Å². The molecule has 1 saturated heterocycles. The average Bonchev–Trinajstić information content (AvgIpc) is 3.25. The maximum absolute atomic E-state index is 13.0. The van der Waals surface area contributed by atoms with Gasteiger partial charge in [-0.15, -0.1) is 0 Å². The Labute approximate surface area is 177 Å². The molecule has 3 rings (SSSR count). The highest BCUT2D eigenvalue weighted by molar-refractivity contribution is 7.89. The van der Waals surface area contributed by atoms with Gasteiger partial charge in [-0.1, -0.05) is 12.8 Å². The van der Waals surface area contributed by atoms with E-state index in [1.807, 2.05) is 0 Å². The maximum atomic E-state index is 13.0. The molecule has 0 radical (unpaired) electrons. The van der Waals surface area contributed by atoms with Crippen molar-refractivity contribution < 1.29 is 27.5 Å². The highest BCUT2D eigenvalue weighted by atomic mass is 32.2. The molecule has 0 unspecified atom stereocenters. The number of nitrogens with one attached hydrogen (secondary N) is 1. The highest BCUT2D eigenvalue weighted by Gasteiger charge is 2.29. The van der Waals surface area contributed by atoms with Gasteiger partial charge in [-0.05, 0) is 38.0 Å². The van der Waals surface area contributed by atoms with E-state index in [2.05, 4.69) is 4.72 Å². The van der Waals surface area contributed by atoms with Crippen LogP contribution in [-0.2, 0) is 14.8 Å². The van der Waals surface area contributed by atoms with E-state index < -0.39 is 10.0 Å². The van der Waals surface area contributed by atoms with Crippen LogP contribution in [0.1, 0.15) is 43.0 Å². The lowest BCUT2D eigenvalue weighted by atomic mass is 10.1. The minimum atomic E-state index is -3.81. The summed E-state index contributed by atoms with van der Waals surface area (Å²) in [6.45, 7) is 3.49. The molecular weight excluding hydrogens is 410 g/mol. The molecule has 2 amide bonds. The van der Waals surface area contributed by atoms with Gasteiger partial charge < -0.3 is 19.3 Å². The van der Waals surface area contributed by atoms with E-state index in [1.54, 1.807) is 22.8 Å². The molecule has 0 spiro atoms. The zero-order valence-corrected chi connectivity index (χ0v) is 18.2. The van der Waals surface area contributed by atoms with Crippen molar-refractivity contribution in [1.82, 2.24) is 14.5 Å². The van der Waals surface area contributed by atoms with Gasteiger partial charge >= 0.3 is 6.09 Å². The summed E-state index contributed by atoms with van der Waals surface area (Å²) in [6.07, 6.45) is 3.23. The zero-order valence-electron chi connectivity index (χ0n) is 17.4. The second-order valence-electron chi connectivity index (χ2n) is 7.45. The molecule has 0 bridgehead atoms. The first-order chi connectivity index (χ1) is 14.4. The Kier molecular flexibility index (Phi) is 7.19. The van der Waals surface area contributed by atoms with Crippen LogP contribution in [0.2, 0.25) is 0 Å². The van der Waals surface area contributed by atoms with Gasteiger partial charge in [0, 0.05) is 37.8 Å². The van der Waals surface area contributed by atoms with Gasteiger partial charge in [-0.2, -0.15) is 0 Å². The van der Waals surface area contributed by atoms with Gasteiger partial charge in [0.2, 0.25) is 10.0 Å². The second-order valence-corrected chi connectivity index (χ2v) is 9.13. The van der Waals surface area contributed by atoms with Crippen LogP contribution >= 0.6 is 0 Å². The van der Waals surface area contributed by atoms with Crippen LogP contribution in [0.4, 0.5) is 4.79 Å². The van der Waals surface area contributed by atoms with Crippen LogP contribution in [0, 0.1) is 0 Å². The average molecular weight is 440 g/mol. The third kappa shape index (κ3) is 5.04. The quantitative estimate of drug-likeness (QED) is 0.725. The van der Waals surface area contributed by atoms with Crippen molar-refractivity contribution in [3.8, 4) is 5.75 Å². The fourth-order valence-corrected chi connectivity index (χ4v) is 5.34. The number of amides is 2. The van der Waals surface area contributed by atoms with Gasteiger partial charge in [-0.3, -0.25) is 4.79 Å². The molecule has 30 heavy (non-hydrogen) atoms. The second kappa shape index (κ2) is 9.65. The van der Waals surface area contributed by atoms with Gasteiger partial charge in [0.25, 0.3) is 5.91 Å². The van der Waals surface area contributed by atoms with Crippen LogP contribution in [0.25, 0.3) is 0 Å². The number of nitrogens with zero attached hydrogens (tertiary/aromatic N) is 2. The van der Waals surface area contributed by atoms with E-state index >= 15 is 0 Å². The molecule has 10 heteroatoms. The predicted molar refractivity (Wildman–Crippen MR) is 110 cm³/mol. The monoisotopic (exact) mass is 439 g/mol. The van der Waals surface area contributed by atoms with Crippen LogP contribution < -0.4 is 9.46 Å². The molecule has 9 nitrogen and oxygen atoms in total. The number of ether oxygens (including phenoxy) is 2. The molecule has 0 aromatic heterocycles. The molecule has 1 aromatic rings. The molecule has 1 heterocycles. The van der Waals surface area contributed by atoms with E-state index in [0.29, 0.717) is 32.8 Å². The number of hydrogen-bond donors (Lipinski definition) is 1. The van der Waals surface area contributed by atoms with Gasteiger partial charge in [0.05, 0.1) is 13.7 Å². The Morgan fingerprint density at radius 1 is 1.10 bits per heavy atom. The Balaban J connectivity index is 1.74. The van der Waals surface area contributed by atoms with Crippen molar-refractivity contribution in [3.05, 3.63) is 23.8 Å². The van der Waals surface area contributed by atoms with Crippen molar-refractivity contribution in [2.24, 2.45) is 0 Å². The summed E-state index contributed by atoms with van der Waals surface area (Å²) in [5, 5.41) is 0. The molecule has 2 aliphatic rings. The Hall–Kier alpha value is -2.33. The Morgan fingerprint density at radius 3 is 2.33 bits per heavy atom. The zero-order chi connectivity index (χ0) is 21.7. The third-order valence-electron chi connectivity index (χ3n) is 5.47. The number of carbonyl (C=O) groups excluding carboxylic acids is 2. The molecule has 0 atom stereocenters. The molecule has 1 aliphatic heterocycles. The lowest BCUT2D eigenvalue weighted by Gasteiger charge is -2.34. The lowest BCUT2D eigenvalue weighted by Crippen LogP contribution is -2.50. The van der Waals surface area contributed by atoms with Gasteiger partial charge in [-0.25, -0.2) is 17.9 Å². The number of sulfonamides is 1. The summed E-state index contributed by atoms with van der Waals surface area (Å²) in [6, 6.07) is 4.35. The minimum absolute atomic E-state index is 0.0343. The smallest absolute Gasteiger partial charge is 0.409 e. The predicted octanol–water partition coefficient (Wildman–Crippen LogP) is 1.83. The van der Waals surface area contributed by atoms with E-state index in [1.165, 1.54) is 19.2 Å². The first-order valence-electron chi connectivity index (χ1n) is 10.3. The summed E-state index contributed by atoms with van der Waals surface area (Å²) in [5.41, 5.74) is 0.271. The van der Waals surface area contributed by atoms with E-state index in [-0.39, 0.29) is 34.3 Å². The fraction of sp³-hybridized carbons (Fsp3) is 0.600. The van der Waals surface area contributed by atoms with Gasteiger partial charge in [0.1, 0.15) is 10.6 Å². The van der Waals surface area contributed by atoms with Crippen molar-refractivity contribution in [3.63, 3.8) is 0 Å². The van der Waals surface area contributed by atoms with Crippen molar-refractivity contribution in [2.75, 3.05) is 39.9 Å². The molecule has 2 fully saturated rings. The van der Waals surface area contributed by atoms with E-state index in [9.17, 15) is 18.0 Å². The first-order valence-corrected chi connectivity index (χ1v) is 11.8. The van der Waals surface area contributed by atoms with Crippen LogP contribution in [0.15, 0.2) is 23.1 Å². The number of piperazine rings is 1. The topological polar surface area (TPSA) is 105 Å². The Bertz CT molecular complexity index is 875. The summed E-state index contributed by atoms with van der Waals surface area (Å²) in [5.74, 6) is -0.0809. The minimum Gasteiger partial charge on any atom is -0.495 e. The SMILES string of the molecule is CCOC(=O)N1CCN(C(=O)c2ccc(OC)c(S(=O)(=O)NC3CCCC3)c2)CC1. The fourth-order valence-electron chi connectivity index (χ4n) is 3.84. The van der Waals surface area contributed by atoms with Crippen molar-refractivity contribution in [2.45, 2.75) is 43.5 Å². The number of rotatable bonds is 6. The number of benzene rings is 1. The van der Waals surface area contributed by atoms with Crippen LogP contribution in [0.5, 0.6) is 5.75 Å².